The molecule has 1 amide bonds. The van der Waals surface area contributed by atoms with E-state index < -0.39 is 23.9 Å². The molecule has 0 radical (unpaired) electrons. The van der Waals surface area contributed by atoms with Gasteiger partial charge in [-0.2, -0.15) is 13.2 Å². The number of alkyl carbamates (subject to hydrolysis) is 1. The van der Waals surface area contributed by atoms with Gasteiger partial charge < -0.3 is 25.2 Å². The summed E-state index contributed by atoms with van der Waals surface area (Å²) in [6.07, 6.45) is -5.30. The highest BCUT2D eigenvalue weighted by Gasteiger charge is 2.30. The van der Waals surface area contributed by atoms with Gasteiger partial charge in [0, 0.05) is 12.6 Å². The molecular weight excluding hydrogens is 425 g/mol. The summed E-state index contributed by atoms with van der Waals surface area (Å²) in [6.45, 7) is 4.75. The zero-order chi connectivity index (χ0) is 23.6. The second-order valence-electron chi connectivity index (χ2n) is 7.29. The molecule has 0 aromatic heterocycles. The van der Waals surface area contributed by atoms with Crippen LogP contribution in [-0.4, -0.2) is 43.5 Å². The molecule has 9 heteroatoms. The molecule has 2 atom stereocenters. The van der Waals surface area contributed by atoms with E-state index in [1.807, 2.05) is 31.2 Å². The van der Waals surface area contributed by atoms with Gasteiger partial charge in [-0.05, 0) is 55.7 Å². The maximum atomic E-state index is 12.8. The van der Waals surface area contributed by atoms with Crippen LogP contribution in [0.4, 0.5) is 18.0 Å². The minimum absolute atomic E-state index is 0.00371. The van der Waals surface area contributed by atoms with Crippen molar-refractivity contribution in [3.8, 4) is 5.75 Å². The molecule has 0 aliphatic heterocycles. The monoisotopic (exact) mass is 454 g/mol. The largest absolute Gasteiger partial charge is 0.492 e. The quantitative estimate of drug-likeness (QED) is 0.446. The van der Waals surface area contributed by atoms with Crippen molar-refractivity contribution >= 4 is 6.09 Å². The summed E-state index contributed by atoms with van der Waals surface area (Å²) in [5.41, 5.74) is 0.482. The number of nitrogens with one attached hydrogen (secondary N) is 2. The SMILES string of the molecule is CCOC(=O)NCCOc1ccc(CC(C)NCC(O)c2cccc(C(F)(F)F)c2)cc1. The van der Waals surface area contributed by atoms with E-state index in [2.05, 4.69) is 10.6 Å². The minimum Gasteiger partial charge on any atom is -0.492 e. The highest BCUT2D eigenvalue weighted by atomic mass is 19.4. The first-order valence-electron chi connectivity index (χ1n) is 10.4. The lowest BCUT2D eigenvalue weighted by Gasteiger charge is -2.18. The van der Waals surface area contributed by atoms with Gasteiger partial charge in [0.1, 0.15) is 12.4 Å². The summed E-state index contributed by atoms with van der Waals surface area (Å²) < 4.78 is 48.8. The van der Waals surface area contributed by atoms with Crippen molar-refractivity contribution in [2.24, 2.45) is 0 Å². The average Bonchev–Trinajstić information content (AvgIpc) is 2.76. The first kappa shape index (κ1) is 25.5. The number of alkyl halides is 3. The van der Waals surface area contributed by atoms with Crippen LogP contribution < -0.4 is 15.4 Å². The fraction of sp³-hybridized carbons (Fsp3) is 0.435. The van der Waals surface area contributed by atoms with E-state index >= 15 is 0 Å². The lowest BCUT2D eigenvalue weighted by atomic mass is 10.0. The Balaban J connectivity index is 1.75. The summed E-state index contributed by atoms with van der Waals surface area (Å²) in [5, 5.41) is 16.0. The number of aliphatic hydroxyl groups is 1. The van der Waals surface area contributed by atoms with E-state index in [-0.39, 0.29) is 18.2 Å². The number of carbonyl (C=O) groups is 1. The molecule has 0 aliphatic rings. The molecule has 0 saturated heterocycles. The molecule has 3 N–H and O–H groups in total. The van der Waals surface area contributed by atoms with E-state index in [0.29, 0.717) is 31.9 Å². The zero-order valence-corrected chi connectivity index (χ0v) is 18.1. The third-order valence-corrected chi connectivity index (χ3v) is 4.64. The summed E-state index contributed by atoms with van der Waals surface area (Å²) >= 11 is 0. The van der Waals surface area contributed by atoms with Gasteiger partial charge in [0.15, 0.2) is 0 Å². The molecule has 0 fully saturated rings. The van der Waals surface area contributed by atoms with Crippen molar-refractivity contribution in [3.63, 3.8) is 0 Å². The van der Waals surface area contributed by atoms with Crippen LogP contribution in [0, 0.1) is 0 Å². The van der Waals surface area contributed by atoms with Gasteiger partial charge in [0.2, 0.25) is 0 Å². The number of amides is 1. The summed E-state index contributed by atoms with van der Waals surface area (Å²) in [5.74, 6) is 0.667. The second kappa shape index (κ2) is 12.3. The Morgan fingerprint density at radius 1 is 1.16 bits per heavy atom. The molecule has 0 saturated carbocycles. The predicted octanol–water partition coefficient (Wildman–Crippen LogP) is 4.08. The third kappa shape index (κ3) is 8.76. The van der Waals surface area contributed by atoms with E-state index in [9.17, 15) is 23.1 Å². The van der Waals surface area contributed by atoms with Crippen molar-refractivity contribution in [3.05, 3.63) is 65.2 Å². The van der Waals surface area contributed by atoms with Gasteiger partial charge in [-0.15, -0.1) is 0 Å². The van der Waals surface area contributed by atoms with E-state index in [1.54, 1.807) is 6.92 Å². The molecule has 32 heavy (non-hydrogen) atoms. The summed E-state index contributed by atoms with van der Waals surface area (Å²) in [7, 11) is 0. The maximum Gasteiger partial charge on any atom is 0.416 e. The Bertz CT molecular complexity index is 844. The van der Waals surface area contributed by atoms with Gasteiger partial charge >= 0.3 is 12.3 Å². The van der Waals surface area contributed by atoms with Crippen molar-refractivity contribution in [2.45, 2.75) is 38.6 Å². The number of benzene rings is 2. The fourth-order valence-corrected chi connectivity index (χ4v) is 3.00. The summed E-state index contributed by atoms with van der Waals surface area (Å²) in [4.78, 5) is 11.2. The lowest BCUT2D eigenvalue weighted by molar-refractivity contribution is -0.137. The van der Waals surface area contributed by atoms with Crippen LogP contribution in [0.5, 0.6) is 5.75 Å². The molecule has 2 aromatic carbocycles. The minimum atomic E-state index is -4.44. The van der Waals surface area contributed by atoms with Gasteiger partial charge in [-0.1, -0.05) is 24.3 Å². The molecule has 176 valence electrons. The second-order valence-corrected chi connectivity index (χ2v) is 7.29. The van der Waals surface area contributed by atoms with E-state index in [0.717, 1.165) is 17.7 Å². The molecule has 0 bridgehead atoms. The van der Waals surface area contributed by atoms with E-state index in [1.165, 1.54) is 12.1 Å². The van der Waals surface area contributed by atoms with Gasteiger partial charge in [-0.25, -0.2) is 4.79 Å². The Hall–Kier alpha value is -2.78. The number of halogens is 3. The summed E-state index contributed by atoms with van der Waals surface area (Å²) in [6, 6.07) is 12.2. The van der Waals surface area contributed by atoms with Crippen LogP contribution in [0.3, 0.4) is 0 Å². The number of rotatable bonds is 11. The highest BCUT2D eigenvalue weighted by Crippen LogP contribution is 2.30. The topological polar surface area (TPSA) is 79.8 Å². The average molecular weight is 454 g/mol. The Morgan fingerprint density at radius 2 is 1.88 bits per heavy atom. The Morgan fingerprint density at radius 3 is 2.53 bits per heavy atom. The number of ether oxygens (including phenoxy) is 2. The van der Waals surface area contributed by atoms with Crippen LogP contribution in [0.1, 0.15) is 36.6 Å². The normalized spacial score (nSPS) is 13.3. The van der Waals surface area contributed by atoms with Crippen molar-refractivity contribution in [2.75, 3.05) is 26.3 Å². The van der Waals surface area contributed by atoms with Gasteiger partial charge in [0.25, 0.3) is 0 Å². The van der Waals surface area contributed by atoms with Crippen LogP contribution in [0.15, 0.2) is 48.5 Å². The number of hydrogen-bond acceptors (Lipinski definition) is 5. The smallest absolute Gasteiger partial charge is 0.416 e. The van der Waals surface area contributed by atoms with Crippen LogP contribution >= 0.6 is 0 Å². The first-order valence-corrected chi connectivity index (χ1v) is 10.4. The van der Waals surface area contributed by atoms with Gasteiger partial charge in [0.05, 0.1) is 24.8 Å². The van der Waals surface area contributed by atoms with Crippen molar-refractivity contribution in [1.29, 1.82) is 0 Å². The molecule has 6 nitrogen and oxygen atoms in total. The molecule has 0 aliphatic carbocycles. The number of carbonyl (C=O) groups excluding carboxylic acids is 1. The van der Waals surface area contributed by atoms with Crippen molar-refractivity contribution in [1.82, 2.24) is 10.6 Å². The number of aliphatic hydroxyl groups excluding tert-OH is 1. The fourth-order valence-electron chi connectivity index (χ4n) is 3.00. The van der Waals surface area contributed by atoms with Crippen molar-refractivity contribution < 1.29 is 32.5 Å². The number of hydrogen-bond donors (Lipinski definition) is 3. The van der Waals surface area contributed by atoms with Gasteiger partial charge in [-0.3, -0.25) is 0 Å². The Kier molecular flexibility index (Phi) is 9.80. The molecular formula is C23H29F3N2O4. The van der Waals surface area contributed by atoms with Crippen LogP contribution in [0.25, 0.3) is 0 Å². The zero-order valence-electron chi connectivity index (χ0n) is 18.1. The standard InChI is InChI=1S/C23H29F3N2O4/c1-3-31-22(30)27-11-12-32-20-9-7-17(8-10-20)13-16(2)28-15-21(29)18-5-4-6-19(14-18)23(24,25)26/h4-10,14,16,21,28-29H,3,11-13,15H2,1-2H3,(H,27,30). The van der Waals surface area contributed by atoms with Crippen LogP contribution in [0.2, 0.25) is 0 Å². The lowest BCUT2D eigenvalue weighted by Crippen LogP contribution is -2.32. The van der Waals surface area contributed by atoms with Crippen LogP contribution in [-0.2, 0) is 17.3 Å². The predicted molar refractivity (Wildman–Crippen MR) is 115 cm³/mol. The molecule has 2 aromatic rings. The molecule has 0 spiro atoms. The maximum absolute atomic E-state index is 12.8. The third-order valence-electron chi connectivity index (χ3n) is 4.64. The molecule has 2 rings (SSSR count). The highest BCUT2D eigenvalue weighted by molar-refractivity contribution is 5.66. The first-order chi connectivity index (χ1) is 15.2. The molecule has 2 unspecified atom stereocenters. The van der Waals surface area contributed by atoms with E-state index in [4.69, 9.17) is 9.47 Å². The Labute approximate surface area is 185 Å². The molecule has 0 heterocycles.